The van der Waals surface area contributed by atoms with E-state index < -0.39 is 8.60 Å². The fourth-order valence-electron chi connectivity index (χ4n) is 0.882. The van der Waals surface area contributed by atoms with Crippen LogP contribution in [0.1, 0.15) is 13.8 Å². The van der Waals surface area contributed by atoms with Gasteiger partial charge in [-0.15, -0.1) is 0 Å². The molecule has 0 unspecified atom stereocenters. The Balaban J connectivity index is 2.53. The molecule has 1 rings (SSSR count). The molecule has 0 aliphatic rings. The van der Waals surface area contributed by atoms with Crippen LogP contribution in [0.5, 0.6) is 5.75 Å². The second kappa shape index (κ2) is 6.72. The Kier molecular flexibility index (Phi) is 5.54. The number of hydrogen-bond donors (Lipinski definition) is 0. The first-order chi connectivity index (χ1) is 7.26. The maximum Gasteiger partial charge on any atom is 0.397 e. The molecule has 0 atom stereocenters. The quantitative estimate of drug-likeness (QED) is 0.702. The van der Waals surface area contributed by atoms with Crippen LogP contribution in [0.3, 0.4) is 0 Å². The molecule has 0 fully saturated rings. The van der Waals surface area contributed by atoms with Gasteiger partial charge in [0, 0.05) is 0 Å². The highest BCUT2D eigenvalue weighted by Gasteiger charge is 2.12. The molecule has 0 aliphatic carbocycles. The molecule has 5 heteroatoms. The van der Waals surface area contributed by atoms with Crippen LogP contribution in [0.25, 0.3) is 0 Å². The third kappa shape index (κ3) is 4.56. The predicted molar refractivity (Wildman–Crippen MR) is 57.2 cm³/mol. The highest BCUT2D eigenvalue weighted by atomic mass is 31.2. The zero-order valence-electron chi connectivity index (χ0n) is 8.77. The lowest BCUT2D eigenvalue weighted by Gasteiger charge is -2.15. The van der Waals surface area contributed by atoms with Crippen LogP contribution in [-0.2, 0) is 9.05 Å². The van der Waals surface area contributed by atoms with Crippen LogP contribution in [0.4, 0.5) is 4.39 Å². The van der Waals surface area contributed by atoms with Crippen molar-refractivity contribution in [2.45, 2.75) is 13.8 Å². The highest BCUT2D eigenvalue weighted by molar-refractivity contribution is 7.42. The molecule has 0 saturated heterocycles. The standard InChI is InChI=1S/C10H14FO3P/c1-3-12-15(13-4-2)14-10-7-5-9(11)6-8-10/h5-8H,3-4H2,1-2H3. The Labute approximate surface area is 90.2 Å². The highest BCUT2D eigenvalue weighted by Crippen LogP contribution is 2.40. The van der Waals surface area contributed by atoms with E-state index in [2.05, 4.69) is 0 Å². The van der Waals surface area contributed by atoms with Crippen LogP contribution in [-0.4, -0.2) is 13.2 Å². The Morgan fingerprint density at radius 1 is 1.07 bits per heavy atom. The van der Waals surface area contributed by atoms with Gasteiger partial charge in [-0.1, -0.05) is 0 Å². The smallest absolute Gasteiger partial charge is 0.397 e. The average Bonchev–Trinajstić information content (AvgIpc) is 2.22. The van der Waals surface area contributed by atoms with Gasteiger partial charge in [0.2, 0.25) is 0 Å². The van der Waals surface area contributed by atoms with Crippen molar-refractivity contribution in [2.75, 3.05) is 13.2 Å². The van der Waals surface area contributed by atoms with Gasteiger partial charge >= 0.3 is 8.60 Å². The van der Waals surface area contributed by atoms with E-state index in [9.17, 15) is 4.39 Å². The molecule has 0 radical (unpaired) electrons. The van der Waals surface area contributed by atoms with Crippen molar-refractivity contribution in [3.05, 3.63) is 30.1 Å². The van der Waals surface area contributed by atoms with Crippen molar-refractivity contribution in [1.29, 1.82) is 0 Å². The first kappa shape index (κ1) is 12.4. The Morgan fingerprint density at radius 3 is 2.07 bits per heavy atom. The van der Waals surface area contributed by atoms with E-state index in [1.54, 1.807) is 12.1 Å². The van der Waals surface area contributed by atoms with Gasteiger partial charge in [0.1, 0.15) is 11.6 Å². The van der Waals surface area contributed by atoms with Gasteiger partial charge in [0.25, 0.3) is 0 Å². The Hall–Kier alpha value is -0.700. The SMILES string of the molecule is CCOP(OCC)Oc1ccc(F)cc1. The molecule has 1 aromatic carbocycles. The van der Waals surface area contributed by atoms with Crippen molar-refractivity contribution in [2.24, 2.45) is 0 Å². The van der Waals surface area contributed by atoms with Gasteiger partial charge in [-0.3, -0.25) is 0 Å². The largest absolute Gasteiger partial charge is 0.427 e. The van der Waals surface area contributed by atoms with Crippen molar-refractivity contribution in [3.63, 3.8) is 0 Å². The minimum absolute atomic E-state index is 0.292. The zero-order valence-corrected chi connectivity index (χ0v) is 9.67. The van der Waals surface area contributed by atoms with Crippen molar-refractivity contribution in [1.82, 2.24) is 0 Å². The van der Waals surface area contributed by atoms with Crippen LogP contribution in [0.15, 0.2) is 24.3 Å². The van der Waals surface area contributed by atoms with Gasteiger partial charge in [0.15, 0.2) is 0 Å². The topological polar surface area (TPSA) is 27.7 Å². The lowest BCUT2D eigenvalue weighted by molar-refractivity contribution is 0.221. The molecular weight excluding hydrogens is 218 g/mol. The van der Waals surface area contributed by atoms with Gasteiger partial charge < -0.3 is 13.6 Å². The summed E-state index contributed by atoms with van der Waals surface area (Å²) in [4.78, 5) is 0. The number of rotatable bonds is 6. The molecule has 3 nitrogen and oxygen atoms in total. The summed E-state index contributed by atoms with van der Waals surface area (Å²) in [5.41, 5.74) is 0. The molecule has 0 spiro atoms. The summed E-state index contributed by atoms with van der Waals surface area (Å²) in [6.07, 6.45) is 0. The lowest BCUT2D eigenvalue weighted by atomic mass is 10.3. The van der Waals surface area contributed by atoms with E-state index >= 15 is 0 Å². The normalized spacial score (nSPS) is 10.7. The Morgan fingerprint density at radius 2 is 1.60 bits per heavy atom. The van der Waals surface area contributed by atoms with Crippen molar-refractivity contribution in [3.8, 4) is 5.75 Å². The van der Waals surface area contributed by atoms with Crippen LogP contribution in [0, 0.1) is 5.82 Å². The van der Waals surface area contributed by atoms with E-state index in [0.717, 1.165) is 0 Å². The molecule has 0 aliphatic heterocycles. The second-order valence-electron chi connectivity index (χ2n) is 2.60. The zero-order chi connectivity index (χ0) is 11.1. The number of benzene rings is 1. The van der Waals surface area contributed by atoms with E-state index in [1.807, 2.05) is 13.8 Å². The fraction of sp³-hybridized carbons (Fsp3) is 0.400. The summed E-state index contributed by atoms with van der Waals surface area (Å²) in [7, 11) is -1.37. The second-order valence-corrected chi connectivity index (χ2v) is 3.75. The van der Waals surface area contributed by atoms with Crippen molar-refractivity contribution < 1.29 is 18.0 Å². The van der Waals surface area contributed by atoms with Gasteiger partial charge in [-0.2, -0.15) is 0 Å². The summed E-state index contributed by atoms with van der Waals surface area (Å²) in [5.74, 6) is 0.254. The van der Waals surface area contributed by atoms with E-state index in [1.165, 1.54) is 12.1 Å². The molecule has 0 aromatic heterocycles. The third-order valence-electron chi connectivity index (χ3n) is 1.46. The molecule has 0 heterocycles. The lowest BCUT2D eigenvalue weighted by Crippen LogP contribution is -1.97. The van der Waals surface area contributed by atoms with Crippen LogP contribution < -0.4 is 4.52 Å². The monoisotopic (exact) mass is 232 g/mol. The summed E-state index contributed by atoms with van der Waals surface area (Å²) in [6, 6.07) is 5.76. The summed E-state index contributed by atoms with van der Waals surface area (Å²) < 4.78 is 28.5. The molecule has 84 valence electrons. The number of halogens is 1. The average molecular weight is 232 g/mol. The molecule has 0 saturated carbocycles. The van der Waals surface area contributed by atoms with Crippen LogP contribution >= 0.6 is 8.60 Å². The van der Waals surface area contributed by atoms with Gasteiger partial charge in [-0.05, 0) is 38.1 Å². The number of hydrogen-bond acceptors (Lipinski definition) is 3. The van der Waals surface area contributed by atoms with Gasteiger partial charge in [0.05, 0.1) is 13.2 Å². The molecule has 1 aromatic rings. The third-order valence-corrected chi connectivity index (χ3v) is 2.76. The van der Waals surface area contributed by atoms with E-state index in [4.69, 9.17) is 13.6 Å². The minimum atomic E-state index is -1.37. The minimum Gasteiger partial charge on any atom is -0.427 e. The molecule has 0 amide bonds. The fourth-order valence-corrected chi connectivity index (χ4v) is 1.78. The maximum atomic E-state index is 12.6. The molecule has 0 N–H and O–H groups in total. The molecular formula is C10H14FO3P. The predicted octanol–water partition coefficient (Wildman–Crippen LogP) is 3.50. The maximum absolute atomic E-state index is 12.6. The van der Waals surface area contributed by atoms with Gasteiger partial charge in [-0.25, -0.2) is 4.39 Å². The first-order valence-electron chi connectivity index (χ1n) is 4.75. The molecule has 0 bridgehead atoms. The van der Waals surface area contributed by atoms with E-state index in [0.29, 0.717) is 19.0 Å². The van der Waals surface area contributed by atoms with Crippen LogP contribution in [0.2, 0.25) is 0 Å². The summed E-state index contributed by atoms with van der Waals surface area (Å²) in [5, 5.41) is 0. The first-order valence-corrected chi connectivity index (χ1v) is 5.85. The van der Waals surface area contributed by atoms with E-state index in [-0.39, 0.29) is 5.82 Å². The summed E-state index contributed by atoms with van der Waals surface area (Å²) >= 11 is 0. The Bertz CT molecular complexity index is 273. The van der Waals surface area contributed by atoms with Crippen molar-refractivity contribution >= 4 is 8.60 Å². The summed E-state index contributed by atoms with van der Waals surface area (Å²) in [6.45, 7) is 4.77. The molecule has 15 heavy (non-hydrogen) atoms.